The third kappa shape index (κ3) is 3.55. The van der Waals surface area contributed by atoms with Crippen molar-refractivity contribution in [3.63, 3.8) is 0 Å². The zero-order chi connectivity index (χ0) is 27.2. The van der Waals surface area contributed by atoms with E-state index in [9.17, 15) is 13.6 Å². The Morgan fingerprint density at radius 1 is 1.10 bits per heavy atom. The normalized spacial score (nSPS) is 35.5. The molecule has 0 aliphatic heterocycles. The van der Waals surface area contributed by atoms with Gasteiger partial charge < -0.3 is 9.94 Å². The summed E-state index contributed by atoms with van der Waals surface area (Å²) in [6.45, 7) is 4.96. The maximum atomic E-state index is 13.2. The molecule has 0 radical (unpaired) electrons. The van der Waals surface area contributed by atoms with Crippen molar-refractivity contribution in [3.05, 3.63) is 53.0 Å². The monoisotopic (exact) mass is 552 g/mol. The average molecular weight is 553 g/mol. The molecule has 2 aromatic heterocycles. The molecule has 0 amide bonds. The standard InChI is InChI=1S/C29H36N4O5S/c1-28-13-11-20(37-26-27(33(34)38-31-26)39(35,36)21-7-5-4-6-8-21)16-19(28)9-10-22-23(28)12-14-29(2)24(22)15-18-17-30-32(3)25(18)29/h4-8,17,19-20,22-24H,9-16H2,1-3H3/t19?,20-,22+,23-,24-,28-,29-/m0/s1. The van der Waals surface area contributed by atoms with Gasteiger partial charge in [0.05, 0.1) is 16.2 Å². The lowest BCUT2D eigenvalue weighted by Crippen LogP contribution is -2.55. The number of ether oxygens (including phenoxy) is 1. The van der Waals surface area contributed by atoms with E-state index < -0.39 is 14.9 Å². The van der Waals surface area contributed by atoms with Crippen LogP contribution >= 0.6 is 0 Å². The van der Waals surface area contributed by atoms with E-state index in [2.05, 4.69) is 42.0 Å². The predicted octanol–water partition coefficient (Wildman–Crippen LogP) is 4.38. The van der Waals surface area contributed by atoms with Crippen LogP contribution in [0, 0.1) is 34.3 Å². The summed E-state index contributed by atoms with van der Waals surface area (Å²) in [7, 11) is -2.04. The van der Waals surface area contributed by atoms with Crippen molar-refractivity contribution in [3.8, 4) is 5.88 Å². The number of benzene rings is 1. The lowest BCUT2D eigenvalue weighted by molar-refractivity contribution is -0.832. The third-order valence-electron chi connectivity index (χ3n) is 11.1. The quantitative estimate of drug-likeness (QED) is 0.441. The Morgan fingerprint density at radius 2 is 1.90 bits per heavy atom. The average Bonchev–Trinajstić information content (AvgIpc) is 3.57. The molecular weight excluding hydrogens is 516 g/mol. The number of nitrogens with zero attached hydrogens (tertiary/aromatic N) is 4. The minimum Gasteiger partial charge on any atom is -0.451 e. The number of hydrogen-bond acceptors (Lipinski definition) is 7. The molecular formula is C29H36N4O5S. The van der Waals surface area contributed by atoms with Crippen molar-refractivity contribution < 1.29 is 22.7 Å². The lowest BCUT2D eigenvalue weighted by Gasteiger charge is -2.60. The van der Waals surface area contributed by atoms with Gasteiger partial charge in [-0.05, 0) is 103 Å². The Kier molecular flexibility index (Phi) is 5.51. The molecule has 3 saturated carbocycles. The molecule has 0 bridgehead atoms. The molecule has 1 aromatic carbocycles. The van der Waals surface area contributed by atoms with Crippen LogP contribution in [0.4, 0.5) is 0 Å². The molecule has 3 aromatic rings. The molecule has 208 valence electrons. The number of sulfone groups is 1. The van der Waals surface area contributed by atoms with Crippen molar-refractivity contribution in [2.45, 2.75) is 86.7 Å². The van der Waals surface area contributed by atoms with E-state index in [0.717, 1.165) is 32.1 Å². The van der Waals surface area contributed by atoms with Gasteiger partial charge in [0.1, 0.15) is 6.10 Å². The summed E-state index contributed by atoms with van der Waals surface area (Å²) in [6, 6.07) is 7.85. The summed E-state index contributed by atoms with van der Waals surface area (Å²) in [4.78, 5) is -0.0457. The van der Waals surface area contributed by atoms with Crippen LogP contribution in [0.5, 0.6) is 5.88 Å². The Bertz CT molecular complexity index is 1520. The molecule has 9 nitrogen and oxygen atoms in total. The summed E-state index contributed by atoms with van der Waals surface area (Å²) < 4.78 is 39.4. The van der Waals surface area contributed by atoms with Gasteiger partial charge in [-0.25, -0.2) is 8.42 Å². The van der Waals surface area contributed by atoms with Gasteiger partial charge in [0.2, 0.25) is 0 Å². The fourth-order valence-electron chi connectivity index (χ4n) is 9.30. The van der Waals surface area contributed by atoms with E-state index in [-0.39, 0.29) is 32.6 Å². The number of fused-ring (bicyclic) bond motifs is 7. The fraction of sp³-hybridized carbons (Fsp3) is 0.621. The summed E-state index contributed by atoms with van der Waals surface area (Å²) in [5.74, 6) is 2.33. The maximum absolute atomic E-state index is 13.2. The first kappa shape index (κ1) is 25.1. The van der Waals surface area contributed by atoms with Crippen LogP contribution in [0.2, 0.25) is 0 Å². The minimum atomic E-state index is -4.13. The first-order valence-electron chi connectivity index (χ1n) is 14.2. The molecule has 3 fully saturated rings. The Balaban J connectivity index is 1.10. The highest BCUT2D eigenvalue weighted by Crippen LogP contribution is 2.65. The van der Waals surface area contributed by atoms with Crippen molar-refractivity contribution in [1.82, 2.24) is 14.9 Å². The van der Waals surface area contributed by atoms with Crippen LogP contribution in [-0.4, -0.2) is 29.5 Å². The summed E-state index contributed by atoms with van der Waals surface area (Å²) in [6.07, 6.45) is 10.5. The molecule has 7 atom stereocenters. The second kappa shape index (κ2) is 8.56. The Labute approximate surface area is 229 Å². The summed E-state index contributed by atoms with van der Waals surface area (Å²) in [5, 5.41) is 20.1. The van der Waals surface area contributed by atoms with E-state index in [1.54, 1.807) is 18.2 Å². The summed E-state index contributed by atoms with van der Waals surface area (Å²) in [5.41, 5.74) is 3.35. The molecule has 7 rings (SSSR count). The van der Waals surface area contributed by atoms with Crippen molar-refractivity contribution in [2.24, 2.45) is 36.1 Å². The van der Waals surface area contributed by atoms with Gasteiger partial charge >= 0.3 is 10.9 Å². The summed E-state index contributed by atoms with van der Waals surface area (Å²) >= 11 is 0. The number of rotatable bonds is 4. The first-order valence-corrected chi connectivity index (χ1v) is 15.7. The van der Waals surface area contributed by atoms with E-state index >= 15 is 0 Å². The molecule has 10 heteroatoms. The highest BCUT2D eigenvalue weighted by atomic mass is 32.2. The van der Waals surface area contributed by atoms with E-state index in [1.165, 1.54) is 42.7 Å². The van der Waals surface area contributed by atoms with E-state index in [4.69, 9.17) is 9.37 Å². The molecule has 0 N–H and O–H groups in total. The number of aromatic nitrogens is 4. The third-order valence-corrected chi connectivity index (χ3v) is 12.9. The van der Waals surface area contributed by atoms with Crippen LogP contribution < -0.4 is 9.64 Å². The number of hydrogen-bond donors (Lipinski definition) is 0. The van der Waals surface area contributed by atoms with Crippen LogP contribution in [0.1, 0.15) is 70.1 Å². The second-order valence-corrected chi connectivity index (χ2v) is 14.7. The van der Waals surface area contributed by atoms with Gasteiger partial charge in [-0.2, -0.15) is 5.10 Å². The highest BCUT2D eigenvalue weighted by molar-refractivity contribution is 7.91. The van der Waals surface area contributed by atoms with Crippen molar-refractivity contribution in [1.29, 1.82) is 0 Å². The van der Waals surface area contributed by atoms with Crippen molar-refractivity contribution >= 4 is 9.84 Å². The van der Waals surface area contributed by atoms with Crippen LogP contribution in [0.3, 0.4) is 0 Å². The molecule has 4 aliphatic carbocycles. The molecule has 0 spiro atoms. The van der Waals surface area contributed by atoms with Gasteiger partial charge in [-0.1, -0.05) is 32.0 Å². The van der Waals surface area contributed by atoms with Crippen molar-refractivity contribution in [2.75, 3.05) is 0 Å². The SMILES string of the molecule is Cn1ncc2c1[C@@]1(C)CC[C@H]3[C@@H](CCC4C[C@@H](Oc5no[n+]([O-])c5S(=O)(=O)c5ccccc5)CC[C@@]43C)[C@@H]1C2. The molecule has 39 heavy (non-hydrogen) atoms. The number of aryl methyl sites for hydroxylation is 1. The zero-order valence-electron chi connectivity index (χ0n) is 22.7. The smallest absolute Gasteiger partial charge is 0.415 e. The maximum Gasteiger partial charge on any atom is 0.415 e. The first-order chi connectivity index (χ1) is 18.6. The topological polar surface area (TPSA) is 114 Å². The molecule has 1 unspecified atom stereocenters. The second-order valence-electron chi connectivity index (χ2n) is 12.8. The minimum absolute atomic E-state index is 0.00587. The molecule has 2 heterocycles. The molecule has 0 saturated heterocycles. The van der Waals surface area contributed by atoms with Gasteiger partial charge in [0.15, 0.2) is 0 Å². The van der Waals surface area contributed by atoms with Gasteiger partial charge in [-0.15, -0.1) is 0 Å². The van der Waals surface area contributed by atoms with E-state index in [1.807, 2.05) is 0 Å². The van der Waals surface area contributed by atoms with Crippen LogP contribution in [0.25, 0.3) is 0 Å². The van der Waals surface area contributed by atoms with E-state index in [0.29, 0.717) is 23.7 Å². The largest absolute Gasteiger partial charge is 0.451 e. The fourth-order valence-corrected chi connectivity index (χ4v) is 10.6. The van der Waals surface area contributed by atoms with Crippen LogP contribution in [-0.2, 0) is 28.7 Å². The van der Waals surface area contributed by atoms with Gasteiger partial charge in [0.25, 0.3) is 9.84 Å². The van der Waals surface area contributed by atoms with Gasteiger partial charge in [-0.3, -0.25) is 9.31 Å². The molecule has 4 aliphatic rings. The zero-order valence-corrected chi connectivity index (χ0v) is 23.6. The Morgan fingerprint density at radius 3 is 2.69 bits per heavy atom. The Hall–Kier alpha value is -2.88. The van der Waals surface area contributed by atoms with Gasteiger partial charge in [0, 0.05) is 18.2 Å². The lowest BCUT2D eigenvalue weighted by atomic mass is 9.45. The van der Waals surface area contributed by atoms with Crippen LogP contribution in [0.15, 0.2) is 51.1 Å². The highest BCUT2D eigenvalue weighted by Gasteiger charge is 2.60. The predicted molar refractivity (Wildman–Crippen MR) is 140 cm³/mol.